The lowest BCUT2D eigenvalue weighted by molar-refractivity contribution is 0.0589. The van der Waals surface area contributed by atoms with Crippen LogP contribution in [-0.2, 0) is 4.74 Å². The molecule has 5 heteroatoms. The number of benzene rings is 1. The number of halogens is 2. The lowest BCUT2D eigenvalue weighted by Crippen LogP contribution is -2.08. The van der Waals surface area contributed by atoms with Gasteiger partial charge in [-0.2, -0.15) is 5.26 Å². The average molecular weight is 225 g/mol. The Kier molecular flexibility index (Phi) is 3.56. The normalized spacial score (nSPS) is 10.0. The number of ether oxygens (including phenoxy) is 1. The van der Waals surface area contributed by atoms with Gasteiger partial charge >= 0.3 is 5.97 Å². The van der Waals surface area contributed by atoms with Crippen LogP contribution in [0.3, 0.4) is 0 Å². The molecule has 16 heavy (non-hydrogen) atoms. The fourth-order valence-corrected chi connectivity index (χ4v) is 1.43. The molecule has 0 radical (unpaired) electrons. The zero-order valence-corrected chi connectivity index (χ0v) is 8.75. The van der Waals surface area contributed by atoms with Crippen molar-refractivity contribution in [3.63, 3.8) is 0 Å². The quantitative estimate of drug-likeness (QED) is 0.727. The van der Waals surface area contributed by atoms with Crippen LogP contribution in [0.2, 0.25) is 0 Å². The standard InChI is InChI=1S/C11H9F2NO2/c1-6-3-7(5-14)4-8(11(15)16-2)9(6)10(12)13/h3-4,10H,1-2H3. The number of hydrogen-bond donors (Lipinski definition) is 0. The van der Waals surface area contributed by atoms with E-state index in [0.29, 0.717) is 0 Å². The molecule has 0 aromatic heterocycles. The molecule has 0 aliphatic rings. The van der Waals surface area contributed by atoms with Crippen LogP contribution in [0.5, 0.6) is 0 Å². The summed E-state index contributed by atoms with van der Waals surface area (Å²) >= 11 is 0. The SMILES string of the molecule is COC(=O)c1cc(C#N)cc(C)c1C(F)F. The van der Waals surface area contributed by atoms with E-state index in [0.717, 1.165) is 13.2 Å². The van der Waals surface area contributed by atoms with Crippen molar-refractivity contribution in [2.45, 2.75) is 13.3 Å². The first-order valence-corrected chi connectivity index (χ1v) is 4.42. The average Bonchev–Trinajstić information content (AvgIpc) is 2.26. The second-order valence-electron chi connectivity index (χ2n) is 3.16. The Balaban J connectivity index is 3.48. The maximum Gasteiger partial charge on any atom is 0.338 e. The number of methoxy groups -OCH3 is 1. The Morgan fingerprint density at radius 1 is 1.50 bits per heavy atom. The van der Waals surface area contributed by atoms with Crippen molar-refractivity contribution in [1.29, 1.82) is 5.26 Å². The third-order valence-electron chi connectivity index (χ3n) is 2.14. The van der Waals surface area contributed by atoms with Gasteiger partial charge in [0.25, 0.3) is 6.43 Å². The number of nitrogens with zero attached hydrogens (tertiary/aromatic N) is 1. The highest BCUT2D eigenvalue weighted by Gasteiger charge is 2.22. The van der Waals surface area contributed by atoms with Crippen molar-refractivity contribution in [3.05, 3.63) is 34.4 Å². The second kappa shape index (κ2) is 4.71. The smallest absolute Gasteiger partial charge is 0.338 e. The van der Waals surface area contributed by atoms with Crippen molar-refractivity contribution >= 4 is 5.97 Å². The summed E-state index contributed by atoms with van der Waals surface area (Å²) < 4.78 is 29.9. The number of carbonyl (C=O) groups excluding carboxylic acids is 1. The summed E-state index contributed by atoms with van der Waals surface area (Å²) in [5, 5.41) is 8.68. The van der Waals surface area contributed by atoms with Gasteiger partial charge in [0.1, 0.15) is 0 Å². The molecule has 1 rings (SSSR count). The molecule has 0 atom stereocenters. The Morgan fingerprint density at radius 2 is 2.12 bits per heavy atom. The molecule has 0 fully saturated rings. The van der Waals surface area contributed by atoms with Gasteiger partial charge in [0.15, 0.2) is 0 Å². The highest BCUT2D eigenvalue weighted by molar-refractivity contribution is 5.92. The van der Waals surface area contributed by atoms with Gasteiger partial charge in [0, 0.05) is 5.56 Å². The molecule has 1 aromatic rings. The monoisotopic (exact) mass is 225 g/mol. The van der Waals surface area contributed by atoms with Gasteiger partial charge in [-0.1, -0.05) is 0 Å². The van der Waals surface area contributed by atoms with Crippen molar-refractivity contribution in [2.75, 3.05) is 7.11 Å². The predicted octanol–water partition coefficient (Wildman–Crippen LogP) is 2.59. The molecule has 0 spiro atoms. The summed E-state index contributed by atoms with van der Waals surface area (Å²) in [6.45, 7) is 1.43. The Hall–Kier alpha value is -1.96. The summed E-state index contributed by atoms with van der Waals surface area (Å²) in [5.41, 5.74) is -0.281. The number of nitriles is 1. The summed E-state index contributed by atoms with van der Waals surface area (Å²) in [6.07, 6.45) is -2.78. The molecular formula is C11H9F2NO2. The molecule has 0 saturated heterocycles. The first-order valence-electron chi connectivity index (χ1n) is 4.42. The Morgan fingerprint density at radius 3 is 2.56 bits per heavy atom. The molecule has 0 aliphatic heterocycles. The van der Waals surface area contributed by atoms with Crippen LogP contribution in [0.1, 0.15) is 33.5 Å². The zero-order valence-electron chi connectivity index (χ0n) is 8.75. The molecule has 0 aliphatic carbocycles. The van der Waals surface area contributed by atoms with Crippen LogP contribution in [0.25, 0.3) is 0 Å². The van der Waals surface area contributed by atoms with Crippen molar-refractivity contribution in [3.8, 4) is 6.07 Å². The minimum absolute atomic E-state index is 0.155. The minimum atomic E-state index is -2.78. The van der Waals surface area contributed by atoms with E-state index in [1.54, 1.807) is 6.07 Å². The second-order valence-corrected chi connectivity index (χ2v) is 3.16. The van der Waals surface area contributed by atoms with Crippen LogP contribution in [-0.4, -0.2) is 13.1 Å². The fourth-order valence-electron chi connectivity index (χ4n) is 1.43. The zero-order chi connectivity index (χ0) is 12.3. The van der Waals surface area contributed by atoms with Gasteiger partial charge in [-0.3, -0.25) is 0 Å². The highest BCUT2D eigenvalue weighted by atomic mass is 19.3. The van der Waals surface area contributed by atoms with E-state index in [4.69, 9.17) is 5.26 Å². The number of esters is 1. The highest BCUT2D eigenvalue weighted by Crippen LogP contribution is 2.28. The van der Waals surface area contributed by atoms with Crippen molar-refractivity contribution in [1.82, 2.24) is 0 Å². The lowest BCUT2D eigenvalue weighted by Gasteiger charge is -2.10. The summed E-state index contributed by atoms with van der Waals surface area (Å²) in [6, 6.07) is 4.23. The van der Waals surface area contributed by atoms with Gasteiger partial charge in [-0.05, 0) is 24.6 Å². The minimum Gasteiger partial charge on any atom is -0.465 e. The van der Waals surface area contributed by atoms with Crippen molar-refractivity contribution < 1.29 is 18.3 Å². The van der Waals surface area contributed by atoms with E-state index in [1.165, 1.54) is 13.0 Å². The van der Waals surface area contributed by atoms with E-state index in [2.05, 4.69) is 4.74 Å². The molecule has 3 nitrogen and oxygen atoms in total. The van der Waals surface area contributed by atoms with Gasteiger partial charge in [-0.15, -0.1) is 0 Å². The largest absolute Gasteiger partial charge is 0.465 e. The Labute approximate surface area is 91.3 Å². The summed E-state index contributed by atoms with van der Waals surface area (Å²) in [5.74, 6) is -0.865. The molecule has 1 aromatic carbocycles. The van der Waals surface area contributed by atoms with E-state index in [1.807, 2.05) is 0 Å². The van der Waals surface area contributed by atoms with Gasteiger partial charge in [-0.25, -0.2) is 13.6 Å². The van der Waals surface area contributed by atoms with Gasteiger partial charge in [0.05, 0.1) is 24.3 Å². The van der Waals surface area contributed by atoms with Crippen molar-refractivity contribution in [2.24, 2.45) is 0 Å². The molecule has 0 unspecified atom stereocenters. The van der Waals surface area contributed by atoms with E-state index in [-0.39, 0.29) is 22.3 Å². The Bertz CT molecular complexity index is 464. The molecule has 0 amide bonds. The first-order chi connectivity index (χ1) is 7.51. The number of hydrogen-bond acceptors (Lipinski definition) is 3. The van der Waals surface area contributed by atoms with Crippen LogP contribution >= 0.6 is 0 Å². The van der Waals surface area contributed by atoms with E-state index >= 15 is 0 Å². The molecule has 0 N–H and O–H groups in total. The van der Waals surface area contributed by atoms with Gasteiger partial charge in [0.2, 0.25) is 0 Å². The van der Waals surface area contributed by atoms with E-state index < -0.39 is 12.4 Å². The van der Waals surface area contributed by atoms with E-state index in [9.17, 15) is 13.6 Å². The van der Waals surface area contributed by atoms with Crippen LogP contribution in [0, 0.1) is 18.3 Å². The maximum atomic E-state index is 12.7. The predicted molar refractivity (Wildman–Crippen MR) is 52.2 cm³/mol. The summed E-state index contributed by atoms with van der Waals surface area (Å²) in [4.78, 5) is 11.3. The number of rotatable bonds is 2. The number of alkyl halides is 2. The number of carbonyl (C=O) groups is 1. The van der Waals surface area contributed by atoms with Crippen LogP contribution in [0.4, 0.5) is 8.78 Å². The number of aryl methyl sites for hydroxylation is 1. The molecule has 0 saturated carbocycles. The molecule has 84 valence electrons. The maximum absolute atomic E-state index is 12.7. The molecule has 0 bridgehead atoms. The first kappa shape index (κ1) is 12.1. The third kappa shape index (κ3) is 2.16. The molecule has 0 heterocycles. The topological polar surface area (TPSA) is 50.1 Å². The van der Waals surface area contributed by atoms with Crippen LogP contribution < -0.4 is 0 Å². The van der Waals surface area contributed by atoms with Crippen LogP contribution in [0.15, 0.2) is 12.1 Å². The molecular weight excluding hydrogens is 216 g/mol. The lowest BCUT2D eigenvalue weighted by atomic mass is 9.99. The van der Waals surface area contributed by atoms with Gasteiger partial charge < -0.3 is 4.74 Å². The third-order valence-corrected chi connectivity index (χ3v) is 2.14. The fraction of sp³-hybridized carbons (Fsp3) is 0.273. The summed E-state index contributed by atoms with van der Waals surface area (Å²) in [7, 11) is 1.10.